The van der Waals surface area contributed by atoms with Gasteiger partial charge in [0, 0.05) is 24.8 Å². The van der Waals surface area contributed by atoms with Crippen LogP contribution >= 0.6 is 11.3 Å². The first-order valence-corrected chi connectivity index (χ1v) is 10.2. The second kappa shape index (κ2) is 7.38. The summed E-state index contributed by atoms with van der Waals surface area (Å²) in [6, 6.07) is 7.25. The second-order valence-electron chi connectivity index (χ2n) is 7.45. The molecule has 0 bridgehead atoms. The quantitative estimate of drug-likeness (QED) is 0.895. The number of nitrogens with one attached hydrogen (secondary N) is 1. The minimum atomic E-state index is 0.832. The van der Waals surface area contributed by atoms with E-state index in [1.165, 1.54) is 62.3 Å². The summed E-state index contributed by atoms with van der Waals surface area (Å²) < 4.78 is 0. The van der Waals surface area contributed by atoms with Crippen molar-refractivity contribution in [2.24, 2.45) is 5.92 Å². The van der Waals surface area contributed by atoms with Gasteiger partial charge in [-0.05, 0) is 69.3 Å². The maximum absolute atomic E-state index is 4.47. The van der Waals surface area contributed by atoms with Crippen molar-refractivity contribution in [2.45, 2.75) is 44.7 Å². The third kappa shape index (κ3) is 3.58. The molecule has 4 rings (SSSR count). The Labute approximate surface area is 148 Å². The molecular weight excluding hydrogens is 316 g/mol. The summed E-state index contributed by atoms with van der Waals surface area (Å²) >= 11 is 1.75. The van der Waals surface area contributed by atoms with E-state index < -0.39 is 0 Å². The number of H-pyrrole nitrogens is 1. The Bertz CT molecular complexity index is 634. The van der Waals surface area contributed by atoms with Crippen LogP contribution in [0.4, 0.5) is 0 Å². The largest absolute Gasteiger partial charge is 0.300 e. The number of hydrogen-bond acceptors (Lipinski definition) is 4. The number of fused-ring (bicyclic) bond motifs is 1. The minimum absolute atomic E-state index is 0.832. The van der Waals surface area contributed by atoms with Crippen LogP contribution in [-0.2, 0) is 6.54 Å². The van der Waals surface area contributed by atoms with Crippen molar-refractivity contribution in [1.82, 2.24) is 20.0 Å². The highest BCUT2D eigenvalue weighted by Gasteiger charge is 2.33. The molecule has 2 aliphatic rings. The lowest BCUT2D eigenvalue weighted by Crippen LogP contribution is -2.50. The number of nitrogens with zero attached hydrogens (tertiary/aromatic N) is 3. The average molecular weight is 345 g/mol. The molecule has 0 aliphatic carbocycles. The molecule has 2 saturated heterocycles. The van der Waals surface area contributed by atoms with E-state index in [9.17, 15) is 0 Å². The minimum Gasteiger partial charge on any atom is -0.300 e. The van der Waals surface area contributed by atoms with Crippen molar-refractivity contribution in [3.05, 3.63) is 29.3 Å². The van der Waals surface area contributed by atoms with Gasteiger partial charge in [0.15, 0.2) is 0 Å². The van der Waals surface area contributed by atoms with Crippen LogP contribution in [0.15, 0.2) is 23.6 Å². The molecule has 24 heavy (non-hydrogen) atoms. The van der Waals surface area contributed by atoms with Crippen molar-refractivity contribution in [1.29, 1.82) is 0 Å². The van der Waals surface area contributed by atoms with Gasteiger partial charge in [-0.1, -0.05) is 12.5 Å². The van der Waals surface area contributed by atoms with Crippen molar-refractivity contribution in [2.75, 3.05) is 26.7 Å². The highest BCUT2D eigenvalue weighted by Crippen LogP contribution is 2.31. The summed E-state index contributed by atoms with van der Waals surface area (Å²) in [6.07, 6.45) is 7.01. The first kappa shape index (κ1) is 16.3. The number of rotatable bonds is 5. The molecule has 2 fully saturated rings. The Kier molecular flexibility index (Phi) is 5.01. The van der Waals surface area contributed by atoms with Gasteiger partial charge in [-0.25, -0.2) is 0 Å². The van der Waals surface area contributed by atoms with Crippen molar-refractivity contribution < 1.29 is 0 Å². The van der Waals surface area contributed by atoms with Crippen LogP contribution in [0.25, 0.3) is 10.6 Å². The molecule has 2 aromatic rings. The Morgan fingerprint density at radius 1 is 1.29 bits per heavy atom. The molecule has 2 atom stereocenters. The molecule has 2 aromatic heterocycles. The van der Waals surface area contributed by atoms with E-state index in [1.807, 2.05) is 0 Å². The SMILES string of the molecule is CN(Cc1cc(-c2cccs2)n[nH]1)C[C@@H]1CCCN2CCCC[C@H]12. The van der Waals surface area contributed by atoms with Crippen LogP contribution in [0.5, 0.6) is 0 Å². The Balaban J connectivity index is 1.35. The van der Waals surface area contributed by atoms with E-state index in [2.05, 4.69) is 50.6 Å². The Morgan fingerprint density at radius 2 is 2.21 bits per heavy atom. The summed E-state index contributed by atoms with van der Waals surface area (Å²) in [6.45, 7) is 4.82. The van der Waals surface area contributed by atoms with Crippen molar-refractivity contribution >= 4 is 11.3 Å². The molecule has 1 N–H and O–H groups in total. The molecule has 0 saturated carbocycles. The Hall–Kier alpha value is -1.17. The molecule has 0 spiro atoms. The number of piperidine rings is 2. The van der Waals surface area contributed by atoms with E-state index >= 15 is 0 Å². The van der Waals surface area contributed by atoms with Crippen LogP contribution in [0.3, 0.4) is 0 Å². The van der Waals surface area contributed by atoms with Gasteiger partial charge in [0.1, 0.15) is 5.69 Å². The Morgan fingerprint density at radius 3 is 3.08 bits per heavy atom. The first-order chi connectivity index (χ1) is 11.8. The molecule has 0 aromatic carbocycles. The highest BCUT2D eigenvalue weighted by atomic mass is 32.1. The third-order valence-corrected chi connectivity index (χ3v) is 6.51. The fourth-order valence-electron chi connectivity index (χ4n) is 4.54. The summed E-state index contributed by atoms with van der Waals surface area (Å²) in [5, 5.41) is 9.80. The van der Waals surface area contributed by atoms with E-state index in [0.717, 1.165) is 24.2 Å². The number of thiophene rings is 1. The van der Waals surface area contributed by atoms with Gasteiger partial charge in [-0.15, -0.1) is 11.3 Å². The lowest BCUT2D eigenvalue weighted by Gasteiger charge is -2.45. The van der Waals surface area contributed by atoms with Gasteiger partial charge < -0.3 is 9.80 Å². The molecule has 2 aliphatic heterocycles. The first-order valence-electron chi connectivity index (χ1n) is 9.30. The van der Waals surface area contributed by atoms with Gasteiger partial charge in [0.2, 0.25) is 0 Å². The van der Waals surface area contributed by atoms with Crippen LogP contribution in [0, 0.1) is 5.92 Å². The van der Waals surface area contributed by atoms with Gasteiger partial charge >= 0.3 is 0 Å². The zero-order valence-corrected chi connectivity index (χ0v) is 15.4. The van der Waals surface area contributed by atoms with E-state index in [4.69, 9.17) is 0 Å². The number of hydrogen-bond donors (Lipinski definition) is 1. The molecule has 130 valence electrons. The summed E-state index contributed by atoms with van der Waals surface area (Å²) in [7, 11) is 2.26. The van der Waals surface area contributed by atoms with Crippen LogP contribution < -0.4 is 0 Å². The monoisotopic (exact) mass is 344 g/mol. The van der Waals surface area contributed by atoms with Crippen LogP contribution in [0.1, 0.15) is 37.8 Å². The van der Waals surface area contributed by atoms with Gasteiger partial charge in [0.05, 0.1) is 4.88 Å². The fraction of sp³-hybridized carbons (Fsp3) is 0.632. The zero-order valence-electron chi connectivity index (χ0n) is 14.6. The van der Waals surface area contributed by atoms with Crippen LogP contribution in [-0.4, -0.2) is 52.7 Å². The standard InChI is InChI=1S/C19H28N4S/c1-22(13-15-6-4-10-23-9-3-2-7-18(15)23)14-16-12-17(21-20-16)19-8-5-11-24-19/h5,8,11-12,15,18H,2-4,6-7,9-10,13-14H2,1H3,(H,20,21)/t15-,18+/m0/s1. The van der Waals surface area contributed by atoms with Crippen molar-refractivity contribution in [3.8, 4) is 10.6 Å². The summed E-state index contributed by atoms with van der Waals surface area (Å²) in [5.41, 5.74) is 2.29. The molecule has 4 heterocycles. The highest BCUT2D eigenvalue weighted by molar-refractivity contribution is 7.13. The predicted octanol–water partition coefficient (Wildman–Crippen LogP) is 3.83. The topological polar surface area (TPSA) is 35.2 Å². The van der Waals surface area contributed by atoms with E-state index in [-0.39, 0.29) is 0 Å². The second-order valence-corrected chi connectivity index (χ2v) is 8.40. The maximum atomic E-state index is 4.47. The van der Waals surface area contributed by atoms with E-state index in [1.54, 1.807) is 11.3 Å². The normalized spacial score (nSPS) is 25.1. The molecule has 0 amide bonds. The fourth-order valence-corrected chi connectivity index (χ4v) is 5.23. The molecular formula is C19H28N4S. The molecule has 0 unspecified atom stereocenters. The number of aromatic nitrogens is 2. The molecule has 0 radical (unpaired) electrons. The molecule has 4 nitrogen and oxygen atoms in total. The summed E-state index contributed by atoms with van der Waals surface area (Å²) in [5.74, 6) is 0.837. The van der Waals surface area contributed by atoms with Gasteiger partial charge in [-0.3, -0.25) is 5.10 Å². The summed E-state index contributed by atoms with van der Waals surface area (Å²) in [4.78, 5) is 6.48. The average Bonchev–Trinajstić information content (AvgIpc) is 3.26. The van der Waals surface area contributed by atoms with Crippen LogP contribution in [0.2, 0.25) is 0 Å². The van der Waals surface area contributed by atoms with Crippen molar-refractivity contribution in [3.63, 3.8) is 0 Å². The predicted molar refractivity (Wildman–Crippen MR) is 100 cm³/mol. The van der Waals surface area contributed by atoms with Gasteiger partial charge in [-0.2, -0.15) is 5.10 Å². The lowest BCUT2D eigenvalue weighted by atomic mass is 9.83. The smallest absolute Gasteiger partial charge is 0.102 e. The molecule has 5 heteroatoms. The van der Waals surface area contributed by atoms with Gasteiger partial charge in [0.25, 0.3) is 0 Å². The third-order valence-electron chi connectivity index (χ3n) is 5.62. The maximum Gasteiger partial charge on any atom is 0.102 e. The lowest BCUT2D eigenvalue weighted by molar-refractivity contribution is 0.0433. The van der Waals surface area contributed by atoms with E-state index in [0.29, 0.717) is 0 Å². The number of aromatic amines is 1. The zero-order chi connectivity index (χ0) is 16.4.